The maximum atomic E-state index is 14.2. The zero-order chi connectivity index (χ0) is 26.0. The molecule has 0 aliphatic carbocycles. The van der Waals surface area contributed by atoms with Crippen LogP contribution in [-0.4, -0.2) is 48.3 Å². The third-order valence-corrected chi connectivity index (χ3v) is 5.62. The summed E-state index contributed by atoms with van der Waals surface area (Å²) in [6.45, 7) is 2.90. The zero-order valence-electron chi connectivity index (χ0n) is 19.5. The van der Waals surface area contributed by atoms with Crippen LogP contribution in [0.25, 0.3) is 10.9 Å². The van der Waals surface area contributed by atoms with Gasteiger partial charge in [-0.15, -0.1) is 0 Å². The molecule has 1 N–H and O–H groups in total. The minimum atomic E-state index is -5.09. The van der Waals surface area contributed by atoms with Crippen molar-refractivity contribution in [2.24, 2.45) is 4.99 Å². The lowest BCUT2D eigenvalue weighted by molar-refractivity contribution is -0.234. The molecule has 0 radical (unpaired) electrons. The van der Waals surface area contributed by atoms with E-state index in [2.05, 4.69) is 14.7 Å². The number of para-hydroxylation sites is 1. The Hall–Kier alpha value is -3.53. The van der Waals surface area contributed by atoms with Crippen LogP contribution in [0.5, 0.6) is 5.75 Å². The molecule has 1 heterocycles. The van der Waals surface area contributed by atoms with Gasteiger partial charge in [0.05, 0.1) is 25.4 Å². The minimum absolute atomic E-state index is 0.0266. The van der Waals surface area contributed by atoms with Crippen molar-refractivity contribution < 1.29 is 36.9 Å². The number of carbonyl (C=O) groups excluding carboxylic acids is 1. The summed E-state index contributed by atoms with van der Waals surface area (Å²) >= 11 is 0. The molecule has 3 rings (SSSR count). The standard InChI is InChI=1S/C25H24F4N2O4/c1-23(2,16-7-5-8-17(26)21(16)34-3)13-24(33,25(27,28)29)14-30-18-9-6-10-19-15(18)11-12-20(31-19)22(32)35-4/h5-12,14,33H,13H2,1-4H3/b30-14+. The highest BCUT2D eigenvalue weighted by Crippen LogP contribution is 2.43. The number of rotatable bonds is 7. The number of pyridine rings is 1. The van der Waals surface area contributed by atoms with Gasteiger partial charge in [-0.05, 0) is 42.2 Å². The Morgan fingerprint density at radius 2 is 1.77 bits per heavy atom. The van der Waals surface area contributed by atoms with E-state index in [1.807, 2.05) is 0 Å². The van der Waals surface area contributed by atoms with E-state index in [9.17, 15) is 27.5 Å². The number of benzene rings is 2. The number of hydrogen-bond acceptors (Lipinski definition) is 6. The van der Waals surface area contributed by atoms with Crippen molar-refractivity contribution in [2.75, 3.05) is 14.2 Å². The summed E-state index contributed by atoms with van der Waals surface area (Å²) in [6, 6.07) is 11.3. The first-order valence-electron chi connectivity index (χ1n) is 10.5. The quantitative estimate of drug-likeness (QED) is 0.266. The average molecular weight is 492 g/mol. The number of hydrogen-bond donors (Lipinski definition) is 1. The third kappa shape index (κ3) is 5.27. The number of methoxy groups -OCH3 is 2. The number of esters is 1. The van der Waals surface area contributed by atoms with Gasteiger partial charge in [-0.25, -0.2) is 14.2 Å². The third-order valence-electron chi connectivity index (χ3n) is 5.62. The maximum Gasteiger partial charge on any atom is 0.422 e. The zero-order valence-corrected chi connectivity index (χ0v) is 19.5. The second kappa shape index (κ2) is 9.61. The second-order valence-corrected chi connectivity index (χ2v) is 8.59. The molecule has 1 aromatic heterocycles. The van der Waals surface area contributed by atoms with Gasteiger partial charge in [-0.1, -0.05) is 32.0 Å². The lowest BCUT2D eigenvalue weighted by Gasteiger charge is -2.36. The molecule has 10 heteroatoms. The average Bonchev–Trinajstić information content (AvgIpc) is 2.80. The number of carbonyl (C=O) groups is 1. The number of fused-ring (bicyclic) bond motifs is 1. The Balaban J connectivity index is 2.03. The van der Waals surface area contributed by atoms with Crippen molar-refractivity contribution in [3.8, 4) is 5.75 Å². The van der Waals surface area contributed by atoms with Gasteiger partial charge in [0.2, 0.25) is 0 Å². The van der Waals surface area contributed by atoms with Gasteiger partial charge in [-0.3, -0.25) is 4.99 Å². The van der Waals surface area contributed by atoms with E-state index in [-0.39, 0.29) is 22.7 Å². The molecule has 0 bridgehead atoms. The Bertz CT molecular complexity index is 1270. The van der Waals surface area contributed by atoms with Crippen LogP contribution in [0.1, 0.15) is 36.3 Å². The lowest BCUT2D eigenvalue weighted by Crippen LogP contribution is -2.50. The van der Waals surface area contributed by atoms with E-state index in [1.54, 1.807) is 6.07 Å². The number of ether oxygens (including phenoxy) is 2. The highest BCUT2D eigenvalue weighted by atomic mass is 19.4. The molecule has 2 aromatic carbocycles. The first-order valence-corrected chi connectivity index (χ1v) is 10.5. The Morgan fingerprint density at radius 3 is 2.40 bits per heavy atom. The summed E-state index contributed by atoms with van der Waals surface area (Å²) in [5.41, 5.74) is -4.10. The van der Waals surface area contributed by atoms with Crippen molar-refractivity contribution in [1.29, 1.82) is 0 Å². The first kappa shape index (κ1) is 26.1. The summed E-state index contributed by atoms with van der Waals surface area (Å²) in [6.07, 6.45) is -5.51. The second-order valence-electron chi connectivity index (χ2n) is 8.59. The molecule has 186 valence electrons. The largest absolute Gasteiger partial charge is 0.493 e. The van der Waals surface area contributed by atoms with Crippen LogP contribution in [0.4, 0.5) is 23.2 Å². The van der Waals surface area contributed by atoms with Crippen molar-refractivity contribution in [1.82, 2.24) is 4.98 Å². The van der Waals surface area contributed by atoms with Crippen LogP contribution in [0.15, 0.2) is 53.5 Å². The molecule has 35 heavy (non-hydrogen) atoms. The van der Waals surface area contributed by atoms with Gasteiger partial charge >= 0.3 is 12.1 Å². The van der Waals surface area contributed by atoms with Gasteiger partial charge in [0, 0.05) is 17.2 Å². The molecular formula is C25H24F4N2O4. The minimum Gasteiger partial charge on any atom is -0.493 e. The Kier molecular flexibility index (Phi) is 7.16. The number of alkyl halides is 3. The molecule has 0 saturated carbocycles. The number of nitrogens with zero attached hydrogens (tertiary/aromatic N) is 2. The van der Waals surface area contributed by atoms with E-state index >= 15 is 0 Å². The lowest BCUT2D eigenvalue weighted by atomic mass is 9.74. The summed E-state index contributed by atoms with van der Waals surface area (Å²) in [5, 5.41) is 11.1. The molecule has 1 unspecified atom stereocenters. The van der Waals surface area contributed by atoms with Crippen LogP contribution in [0.2, 0.25) is 0 Å². The van der Waals surface area contributed by atoms with Crippen molar-refractivity contribution in [2.45, 2.75) is 37.5 Å². The maximum absolute atomic E-state index is 14.2. The highest BCUT2D eigenvalue weighted by Gasteiger charge is 2.55. The van der Waals surface area contributed by atoms with Gasteiger partial charge in [-0.2, -0.15) is 13.2 Å². The predicted molar refractivity (Wildman–Crippen MR) is 123 cm³/mol. The Morgan fingerprint density at radius 1 is 1.09 bits per heavy atom. The molecule has 0 saturated heterocycles. The van der Waals surface area contributed by atoms with Gasteiger partial charge in [0.1, 0.15) is 5.69 Å². The topological polar surface area (TPSA) is 81.0 Å². The van der Waals surface area contributed by atoms with Crippen molar-refractivity contribution in [3.05, 3.63) is 65.6 Å². The normalized spacial score (nSPS) is 14.2. The van der Waals surface area contributed by atoms with E-state index in [0.717, 1.165) is 6.07 Å². The summed E-state index contributed by atoms with van der Waals surface area (Å²) in [4.78, 5) is 19.8. The fraction of sp³-hybridized carbons (Fsp3) is 0.320. The molecule has 1 atom stereocenters. The first-order chi connectivity index (χ1) is 16.3. The fourth-order valence-electron chi connectivity index (χ4n) is 3.88. The monoisotopic (exact) mass is 492 g/mol. The van der Waals surface area contributed by atoms with E-state index in [0.29, 0.717) is 17.1 Å². The van der Waals surface area contributed by atoms with Crippen molar-refractivity contribution in [3.63, 3.8) is 0 Å². The number of aliphatic imine (C=N–C) groups is 1. The fourth-order valence-corrected chi connectivity index (χ4v) is 3.88. The molecule has 6 nitrogen and oxygen atoms in total. The van der Waals surface area contributed by atoms with Gasteiger partial charge < -0.3 is 14.6 Å². The molecule has 3 aromatic rings. The SMILES string of the molecule is COC(=O)c1ccc2c(/N=C/C(O)(CC(C)(C)c3cccc(F)c3OC)C(F)(F)F)cccc2n1. The summed E-state index contributed by atoms with van der Waals surface area (Å²) < 4.78 is 66.2. The molecule has 0 spiro atoms. The molecule has 0 amide bonds. The number of halogens is 4. The summed E-state index contributed by atoms with van der Waals surface area (Å²) in [7, 11) is 2.42. The Labute approximate surface area is 199 Å². The summed E-state index contributed by atoms with van der Waals surface area (Å²) in [5.74, 6) is -1.58. The van der Waals surface area contributed by atoms with Crippen LogP contribution in [-0.2, 0) is 10.2 Å². The van der Waals surface area contributed by atoms with Gasteiger partial charge in [0.25, 0.3) is 0 Å². The molecule has 0 fully saturated rings. The van der Waals surface area contributed by atoms with Crippen LogP contribution < -0.4 is 4.74 Å². The molecule has 0 aliphatic heterocycles. The van der Waals surface area contributed by atoms with E-state index in [4.69, 9.17) is 4.74 Å². The number of aliphatic hydroxyl groups is 1. The smallest absolute Gasteiger partial charge is 0.422 e. The van der Waals surface area contributed by atoms with Crippen LogP contribution in [0, 0.1) is 5.82 Å². The van der Waals surface area contributed by atoms with Gasteiger partial charge in [0.15, 0.2) is 17.2 Å². The number of aromatic nitrogens is 1. The van der Waals surface area contributed by atoms with Crippen LogP contribution in [0.3, 0.4) is 0 Å². The molecular weight excluding hydrogens is 468 g/mol. The van der Waals surface area contributed by atoms with E-state index in [1.165, 1.54) is 64.5 Å². The molecule has 0 aliphatic rings. The van der Waals surface area contributed by atoms with Crippen LogP contribution >= 0.6 is 0 Å². The van der Waals surface area contributed by atoms with E-state index < -0.39 is 35.4 Å². The predicted octanol–water partition coefficient (Wildman–Crippen LogP) is 5.53. The van der Waals surface area contributed by atoms with Crippen molar-refractivity contribution >= 4 is 28.8 Å². The highest BCUT2D eigenvalue weighted by molar-refractivity contribution is 5.96.